The van der Waals surface area contributed by atoms with Crippen molar-refractivity contribution < 1.29 is 5.11 Å². The second-order valence-corrected chi connectivity index (χ2v) is 14.4. The molecule has 3 atom stereocenters. The number of nitrogens with one attached hydrogen (secondary N) is 2. The summed E-state index contributed by atoms with van der Waals surface area (Å²) in [4.78, 5) is 19.2. The van der Waals surface area contributed by atoms with Crippen molar-refractivity contribution in [1.82, 2.24) is 19.9 Å². The Balaban J connectivity index is 1.69. The van der Waals surface area contributed by atoms with Gasteiger partial charge < -0.3 is 15.7 Å². The minimum atomic E-state index is -0.687. The maximum absolute atomic E-state index is 10.6. The molecule has 4 rings (SSSR count). The zero-order valence-corrected chi connectivity index (χ0v) is 24.7. The van der Waals surface area contributed by atoms with E-state index < -0.39 is 5.60 Å². The molecular weight excluding hydrogens is 500 g/mol. The van der Waals surface area contributed by atoms with Gasteiger partial charge in [-0.2, -0.15) is 16.7 Å². The summed E-state index contributed by atoms with van der Waals surface area (Å²) in [6, 6.07) is 2.28. The number of thioether (sulfide) groups is 1. The van der Waals surface area contributed by atoms with Crippen LogP contribution in [0.2, 0.25) is 0 Å². The van der Waals surface area contributed by atoms with Gasteiger partial charge in [0.2, 0.25) is 5.95 Å². The normalized spacial score (nSPS) is 19.2. The number of hydrogen-bond donors (Lipinski definition) is 3. The van der Waals surface area contributed by atoms with Gasteiger partial charge >= 0.3 is 0 Å². The minimum Gasteiger partial charge on any atom is -0.390 e. The van der Waals surface area contributed by atoms with Crippen molar-refractivity contribution >= 4 is 45.1 Å². The van der Waals surface area contributed by atoms with Crippen LogP contribution in [0.4, 0.5) is 11.8 Å². The number of aliphatic hydroxyl groups is 1. The van der Waals surface area contributed by atoms with E-state index in [0.29, 0.717) is 5.95 Å². The van der Waals surface area contributed by atoms with E-state index >= 15 is 0 Å². The molecule has 200 valence electrons. The zero-order valence-electron chi connectivity index (χ0n) is 23.1. The number of aryl methyl sites for hydroxylation is 2. The molecule has 3 heterocycles. The van der Waals surface area contributed by atoms with Gasteiger partial charge in [-0.05, 0) is 58.9 Å². The van der Waals surface area contributed by atoms with E-state index in [1.54, 1.807) is 11.3 Å². The first-order chi connectivity index (χ1) is 17.3. The molecule has 9 heteroatoms. The first-order valence-electron chi connectivity index (χ1n) is 13.0. The molecule has 0 bridgehead atoms. The molecule has 0 aromatic carbocycles. The number of thiazole rings is 1. The van der Waals surface area contributed by atoms with E-state index in [0.717, 1.165) is 63.0 Å². The van der Waals surface area contributed by atoms with E-state index in [1.807, 2.05) is 57.8 Å². The van der Waals surface area contributed by atoms with Gasteiger partial charge in [0.15, 0.2) is 0 Å². The molecule has 1 saturated carbocycles. The van der Waals surface area contributed by atoms with Crippen LogP contribution in [0, 0.1) is 19.8 Å². The fraction of sp³-hybridized carbons (Fsp3) is 0.571. The van der Waals surface area contributed by atoms with Gasteiger partial charge in [0.25, 0.3) is 0 Å². The number of anilines is 2. The summed E-state index contributed by atoms with van der Waals surface area (Å²) in [7, 11) is 0. The molecule has 0 radical (unpaired) electrons. The third-order valence-corrected chi connectivity index (χ3v) is 9.29. The number of aromatic nitrogens is 4. The van der Waals surface area contributed by atoms with E-state index in [2.05, 4.69) is 43.0 Å². The lowest BCUT2D eigenvalue weighted by Crippen LogP contribution is -2.30. The molecule has 3 N–H and O–H groups in total. The van der Waals surface area contributed by atoms with E-state index in [9.17, 15) is 5.11 Å². The van der Waals surface area contributed by atoms with Crippen molar-refractivity contribution in [2.24, 2.45) is 5.92 Å². The standard InChI is InChI=1S/C28H40N6OS2/c1-9-19(15-36-27(4,5)6)32-26-30-16(2)22(25-33-23-17(3)29-13-12-21(23)37-25)24(34-26)31-20-11-10-18(14-20)28(7,8)35/h9,12-13,18-20,35H,1,10-11,14-15H2,2-8H3,(H2,30,31,32,34)/t18-,19-,20+/m1/s1. The lowest BCUT2D eigenvalue weighted by atomic mass is 9.89. The van der Waals surface area contributed by atoms with Crippen LogP contribution in [0.1, 0.15) is 65.3 Å². The number of fused-ring (bicyclic) bond motifs is 1. The van der Waals surface area contributed by atoms with Gasteiger partial charge in [-0.1, -0.05) is 26.8 Å². The maximum atomic E-state index is 10.6. The highest BCUT2D eigenvalue weighted by Crippen LogP contribution is 2.40. The fourth-order valence-electron chi connectivity index (χ4n) is 4.71. The Bertz CT molecular complexity index is 1260. The van der Waals surface area contributed by atoms with Crippen molar-refractivity contribution in [3.05, 3.63) is 36.3 Å². The number of pyridine rings is 1. The van der Waals surface area contributed by atoms with Gasteiger partial charge in [0.05, 0.1) is 33.3 Å². The van der Waals surface area contributed by atoms with Crippen LogP contribution in [0.25, 0.3) is 20.8 Å². The quantitative estimate of drug-likeness (QED) is 0.261. The molecule has 0 amide bonds. The summed E-state index contributed by atoms with van der Waals surface area (Å²) in [6.45, 7) is 18.5. The zero-order chi connectivity index (χ0) is 27.0. The van der Waals surface area contributed by atoms with Gasteiger partial charge in [0, 0.05) is 22.7 Å². The molecular formula is C28H40N6OS2. The van der Waals surface area contributed by atoms with E-state index in [4.69, 9.17) is 15.0 Å². The summed E-state index contributed by atoms with van der Waals surface area (Å²) < 4.78 is 1.26. The smallest absolute Gasteiger partial charge is 0.225 e. The molecule has 7 nitrogen and oxygen atoms in total. The fourth-order valence-corrected chi connectivity index (χ4v) is 6.72. The topological polar surface area (TPSA) is 95.9 Å². The van der Waals surface area contributed by atoms with Gasteiger partial charge in [0.1, 0.15) is 16.3 Å². The molecule has 0 unspecified atom stereocenters. The van der Waals surface area contributed by atoms with Crippen molar-refractivity contribution in [1.29, 1.82) is 0 Å². The van der Waals surface area contributed by atoms with Crippen LogP contribution in [-0.2, 0) is 0 Å². The Morgan fingerprint density at radius 3 is 2.54 bits per heavy atom. The average molecular weight is 541 g/mol. The summed E-state index contributed by atoms with van der Waals surface area (Å²) in [6.07, 6.45) is 6.62. The van der Waals surface area contributed by atoms with Crippen molar-refractivity contribution in [2.45, 2.75) is 90.2 Å². The van der Waals surface area contributed by atoms with Crippen LogP contribution >= 0.6 is 23.1 Å². The van der Waals surface area contributed by atoms with Crippen LogP contribution in [0.5, 0.6) is 0 Å². The predicted molar refractivity (Wildman–Crippen MR) is 159 cm³/mol. The molecule has 0 saturated heterocycles. The van der Waals surface area contributed by atoms with Crippen molar-refractivity contribution in [3.8, 4) is 10.6 Å². The molecule has 1 fully saturated rings. The highest BCUT2D eigenvalue weighted by atomic mass is 32.2. The molecule has 0 spiro atoms. The first-order valence-corrected chi connectivity index (χ1v) is 14.8. The maximum Gasteiger partial charge on any atom is 0.225 e. The molecule has 3 aromatic rings. The number of hydrogen-bond acceptors (Lipinski definition) is 9. The Kier molecular flexibility index (Phi) is 8.16. The Hall–Kier alpha value is -2.23. The summed E-state index contributed by atoms with van der Waals surface area (Å²) in [5, 5.41) is 18.7. The Morgan fingerprint density at radius 1 is 1.16 bits per heavy atom. The average Bonchev–Trinajstić information content (AvgIpc) is 3.44. The second-order valence-electron chi connectivity index (χ2n) is 11.5. The highest BCUT2D eigenvalue weighted by Gasteiger charge is 2.35. The van der Waals surface area contributed by atoms with Crippen LogP contribution in [0.3, 0.4) is 0 Å². The lowest BCUT2D eigenvalue weighted by molar-refractivity contribution is 0.0197. The minimum absolute atomic E-state index is 0.0459. The summed E-state index contributed by atoms with van der Waals surface area (Å²) in [5.41, 5.74) is 2.95. The third kappa shape index (κ3) is 6.81. The Morgan fingerprint density at radius 2 is 1.92 bits per heavy atom. The van der Waals surface area contributed by atoms with Crippen LogP contribution < -0.4 is 10.6 Å². The van der Waals surface area contributed by atoms with Crippen LogP contribution in [0.15, 0.2) is 24.9 Å². The molecule has 1 aliphatic rings. The van der Waals surface area contributed by atoms with E-state index in [-0.39, 0.29) is 22.7 Å². The first kappa shape index (κ1) is 27.8. The summed E-state index contributed by atoms with van der Waals surface area (Å²) >= 11 is 3.52. The van der Waals surface area contributed by atoms with Gasteiger partial charge in [-0.25, -0.2) is 9.97 Å². The lowest BCUT2D eigenvalue weighted by Gasteiger charge is -2.26. The monoisotopic (exact) mass is 540 g/mol. The molecule has 0 aliphatic heterocycles. The predicted octanol–water partition coefficient (Wildman–Crippen LogP) is 6.61. The number of nitrogens with zero attached hydrogens (tertiary/aromatic N) is 4. The Labute approximate surface area is 229 Å². The number of rotatable bonds is 9. The van der Waals surface area contributed by atoms with Gasteiger partial charge in [-0.3, -0.25) is 4.98 Å². The SMILES string of the molecule is C=C[C@H](CSC(C)(C)C)Nc1nc(C)c(-c2nc3c(C)nccc3s2)c(N[C@H]2CC[C@@H](C(C)(C)O)C2)n1. The third-order valence-electron chi connectivity index (χ3n) is 6.86. The summed E-state index contributed by atoms with van der Waals surface area (Å²) in [5.74, 6) is 2.50. The molecule has 37 heavy (non-hydrogen) atoms. The highest BCUT2D eigenvalue weighted by molar-refractivity contribution is 8.00. The van der Waals surface area contributed by atoms with E-state index in [1.165, 1.54) is 0 Å². The molecule has 3 aromatic heterocycles. The van der Waals surface area contributed by atoms with Crippen molar-refractivity contribution in [3.63, 3.8) is 0 Å². The van der Waals surface area contributed by atoms with Gasteiger partial charge in [-0.15, -0.1) is 17.9 Å². The van der Waals surface area contributed by atoms with Crippen molar-refractivity contribution in [2.75, 3.05) is 16.4 Å². The molecule has 1 aliphatic carbocycles. The largest absolute Gasteiger partial charge is 0.390 e. The van der Waals surface area contributed by atoms with Crippen LogP contribution in [-0.4, -0.2) is 53.2 Å². The second kappa shape index (κ2) is 10.9.